The maximum atomic E-state index is 6.08. The van der Waals surface area contributed by atoms with E-state index in [1.54, 1.807) is 18.0 Å². The summed E-state index contributed by atoms with van der Waals surface area (Å²) in [6.07, 6.45) is 1.80. The first-order valence-electron chi connectivity index (χ1n) is 7.44. The topological polar surface area (TPSA) is 65.5 Å². The zero-order chi connectivity index (χ0) is 15.5. The van der Waals surface area contributed by atoms with Gasteiger partial charge < -0.3 is 15.2 Å². The summed E-state index contributed by atoms with van der Waals surface area (Å²) in [5.74, 6) is 1.57. The van der Waals surface area contributed by atoms with Crippen LogP contribution in [0, 0.1) is 0 Å². The van der Waals surface area contributed by atoms with Crippen molar-refractivity contribution in [3.05, 3.63) is 30.0 Å². The van der Waals surface area contributed by atoms with E-state index < -0.39 is 0 Å². The highest BCUT2D eigenvalue weighted by molar-refractivity contribution is 5.74. The molecule has 3 rings (SSSR count). The van der Waals surface area contributed by atoms with Crippen LogP contribution >= 0.6 is 0 Å². The van der Waals surface area contributed by atoms with Crippen LogP contribution in [0.5, 0.6) is 5.75 Å². The van der Waals surface area contributed by atoms with E-state index in [9.17, 15) is 0 Å². The Morgan fingerprint density at radius 2 is 2.09 bits per heavy atom. The van der Waals surface area contributed by atoms with Crippen LogP contribution < -0.4 is 10.5 Å². The van der Waals surface area contributed by atoms with Gasteiger partial charge in [0.15, 0.2) is 0 Å². The molecule has 2 aromatic rings. The van der Waals surface area contributed by atoms with Crippen molar-refractivity contribution in [1.82, 2.24) is 14.7 Å². The van der Waals surface area contributed by atoms with E-state index in [0.29, 0.717) is 5.82 Å². The average Bonchev–Trinajstić information content (AvgIpc) is 2.88. The number of hydrogen-bond donors (Lipinski definition) is 1. The Morgan fingerprint density at radius 3 is 2.73 bits per heavy atom. The second-order valence-corrected chi connectivity index (χ2v) is 5.48. The second-order valence-electron chi connectivity index (χ2n) is 5.48. The van der Waals surface area contributed by atoms with Crippen LogP contribution in [0.2, 0.25) is 0 Å². The van der Waals surface area contributed by atoms with Gasteiger partial charge in [0.25, 0.3) is 0 Å². The van der Waals surface area contributed by atoms with Crippen LogP contribution in [0.4, 0.5) is 5.82 Å². The van der Waals surface area contributed by atoms with Crippen molar-refractivity contribution in [1.29, 1.82) is 0 Å². The number of morpholine rings is 1. The molecule has 118 valence electrons. The quantitative estimate of drug-likeness (QED) is 0.927. The van der Waals surface area contributed by atoms with Gasteiger partial charge in [-0.25, -0.2) is 0 Å². The second kappa shape index (κ2) is 6.37. The van der Waals surface area contributed by atoms with Crippen molar-refractivity contribution in [3.8, 4) is 16.9 Å². The monoisotopic (exact) mass is 302 g/mol. The van der Waals surface area contributed by atoms with Gasteiger partial charge in [0.05, 0.1) is 26.5 Å². The Balaban J connectivity index is 1.90. The summed E-state index contributed by atoms with van der Waals surface area (Å²) >= 11 is 0. The van der Waals surface area contributed by atoms with Gasteiger partial charge in [-0.1, -0.05) is 6.07 Å². The SMILES string of the molecule is COc1ccc(-c2cnn(C)c2N)cc1CN1CCOCC1. The number of anilines is 1. The maximum Gasteiger partial charge on any atom is 0.129 e. The van der Waals surface area contributed by atoms with E-state index in [4.69, 9.17) is 15.2 Å². The summed E-state index contributed by atoms with van der Waals surface area (Å²) in [5, 5.41) is 4.21. The molecule has 0 bridgehead atoms. The highest BCUT2D eigenvalue weighted by Crippen LogP contribution is 2.30. The lowest BCUT2D eigenvalue weighted by molar-refractivity contribution is 0.0339. The number of nitrogens with two attached hydrogens (primary N) is 1. The molecule has 0 amide bonds. The maximum absolute atomic E-state index is 6.08. The first-order chi connectivity index (χ1) is 10.7. The molecule has 1 aliphatic heterocycles. The van der Waals surface area contributed by atoms with Gasteiger partial charge >= 0.3 is 0 Å². The van der Waals surface area contributed by atoms with Gasteiger partial charge in [-0.05, 0) is 17.7 Å². The summed E-state index contributed by atoms with van der Waals surface area (Å²) in [6, 6.07) is 6.16. The standard InChI is InChI=1S/C16H22N4O2/c1-19-16(17)14(10-18-19)12-3-4-15(21-2)13(9-12)11-20-5-7-22-8-6-20/h3-4,9-10H,5-8,11,17H2,1-2H3. The molecule has 1 fully saturated rings. The first-order valence-corrected chi connectivity index (χ1v) is 7.44. The molecule has 1 saturated heterocycles. The molecule has 6 nitrogen and oxygen atoms in total. The fourth-order valence-electron chi connectivity index (χ4n) is 2.74. The largest absolute Gasteiger partial charge is 0.496 e. The Morgan fingerprint density at radius 1 is 1.32 bits per heavy atom. The lowest BCUT2D eigenvalue weighted by Gasteiger charge is -2.27. The van der Waals surface area contributed by atoms with Crippen molar-refractivity contribution in [2.45, 2.75) is 6.54 Å². The van der Waals surface area contributed by atoms with Crippen molar-refractivity contribution in [2.75, 3.05) is 39.1 Å². The van der Waals surface area contributed by atoms with Crippen molar-refractivity contribution in [3.63, 3.8) is 0 Å². The molecule has 2 heterocycles. The highest BCUT2D eigenvalue weighted by atomic mass is 16.5. The molecule has 22 heavy (non-hydrogen) atoms. The van der Waals surface area contributed by atoms with Gasteiger partial charge in [0.2, 0.25) is 0 Å². The highest BCUT2D eigenvalue weighted by Gasteiger charge is 2.15. The number of methoxy groups -OCH3 is 1. The van der Waals surface area contributed by atoms with E-state index in [2.05, 4.69) is 16.1 Å². The third kappa shape index (κ3) is 2.93. The number of benzene rings is 1. The molecule has 0 radical (unpaired) electrons. The van der Waals surface area contributed by atoms with E-state index in [1.165, 1.54) is 0 Å². The number of hydrogen-bond acceptors (Lipinski definition) is 5. The number of nitrogens with zero attached hydrogens (tertiary/aromatic N) is 3. The number of nitrogen functional groups attached to an aromatic ring is 1. The van der Waals surface area contributed by atoms with Gasteiger partial charge in [0, 0.05) is 37.8 Å². The van der Waals surface area contributed by atoms with Gasteiger partial charge in [0.1, 0.15) is 11.6 Å². The summed E-state index contributed by atoms with van der Waals surface area (Å²) in [4.78, 5) is 2.37. The molecule has 0 spiro atoms. The molecular formula is C16H22N4O2. The van der Waals surface area contributed by atoms with Crippen LogP contribution in [0.25, 0.3) is 11.1 Å². The zero-order valence-corrected chi connectivity index (χ0v) is 13.1. The third-order valence-corrected chi connectivity index (χ3v) is 4.07. The molecule has 6 heteroatoms. The molecule has 2 N–H and O–H groups in total. The number of ether oxygens (including phenoxy) is 2. The lowest BCUT2D eigenvalue weighted by atomic mass is 10.0. The van der Waals surface area contributed by atoms with Crippen molar-refractivity contribution < 1.29 is 9.47 Å². The summed E-state index contributed by atoms with van der Waals surface area (Å²) in [6.45, 7) is 4.32. The van der Waals surface area contributed by atoms with E-state index in [1.807, 2.05) is 19.2 Å². The third-order valence-electron chi connectivity index (χ3n) is 4.07. The van der Waals surface area contributed by atoms with Gasteiger partial charge in [-0.2, -0.15) is 5.10 Å². The molecule has 1 aliphatic rings. The van der Waals surface area contributed by atoms with Crippen LogP contribution in [-0.4, -0.2) is 48.1 Å². The van der Waals surface area contributed by atoms with E-state index >= 15 is 0 Å². The van der Waals surface area contributed by atoms with Crippen LogP contribution in [-0.2, 0) is 18.3 Å². The minimum atomic E-state index is 0.669. The fourth-order valence-corrected chi connectivity index (χ4v) is 2.74. The summed E-state index contributed by atoms with van der Waals surface area (Å²) < 4.78 is 12.6. The van der Waals surface area contributed by atoms with Crippen LogP contribution in [0.3, 0.4) is 0 Å². The summed E-state index contributed by atoms with van der Waals surface area (Å²) in [7, 11) is 3.55. The Bertz CT molecular complexity index is 648. The normalized spacial score (nSPS) is 15.9. The van der Waals surface area contributed by atoms with Crippen LogP contribution in [0.15, 0.2) is 24.4 Å². The van der Waals surface area contributed by atoms with Crippen molar-refractivity contribution in [2.24, 2.45) is 7.05 Å². The Labute approximate surface area is 130 Å². The Kier molecular flexibility index (Phi) is 4.31. The first kappa shape index (κ1) is 14.9. The predicted octanol–water partition coefficient (Wildman–Crippen LogP) is 1.51. The molecule has 1 aromatic heterocycles. The number of aromatic nitrogens is 2. The molecule has 1 aromatic carbocycles. The summed E-state index contributed by atoms with van der Waals surface area (Å²) in [5.41, 5.74) is 9.26. The Hall–Kier alpha value is -2.05. The molecular weight excluding hydrogens is 280 g/mol. The molecule has 0 atom stereocenters. The number of rotatable bonds is 4. The lowest BCUT2D eigenvalue weighted by Crippen LogP contribution is -2.35. The molecule has 0 unspecified atom stereocenters. The van der Waals surface area contributed by atoms with Gasteiger partial charge in [-0.3, -0.25) is 9.58 Å². The smallest absolute Gasteiger partial charge is 0.129 e. The molecule has 0 saturated carbocycles. The fraction of sp³-hybridized carbons (Fsp3) is 0.438. The van der Waals surface area contributed by atoms with E-state index in [-0.39, 0.29) is 0 Å². The van der Waals surface area contributed by atoms with E-state index in [0.717, 1.165) is 55.3 Å². The number of aryl methyl sites for hydroxylation is 1. The molecule has 0 aliphatic carbocycles. The minimum absolute atomic E-state index is 0.669. The zero-order valence-electron chi connectivity index (χ0n) is 13.1. The van der Waals surface area contributed by atoms with Gasteiger partial charge in [-0.15, -0.1) is 0 Å². The predicted molar refractivity (Wildman–Crippen MR) is 85.7 cm³/mol. The van der Waals surface area contributed by atoms with Crippen molar-refractivity contribution >= 4 is 5.82 Å². The minimum Gasteiger partial charge on any atom is -0.496 e. The average molecular weight is 302 g/mol. The van der Waals surface area contributed by atoms with Crippen LogP contribution in [0.1, 0.15) is 5.56 Å².